The summed E-state index contributed by atoms with van der Waals surface area (Å²) >= 11 is 0. The Labute approximate surface area is 72.1 Å². The van der Waals surface area contributed by atoms with E-state index >= 15 is 0 Å². The molecule has 4 nitrogen and oxygen atoms in total. The third-order valence-electron chi connectivity index (χ3n) is 2.38. The third-order valence-corrected chi connectivity index (χ3v) is 2.38. The molecule has 0 amide bonds. The molecule has 1 saturated heterocycles. The van der Waals surface area contributed by atoms with Crippen molar-refractivity contribution in [3.63, 3.8) is 0 Å². The first-order valence-corrected chi connectivity index (χ1v) is 4.08. The number of rotatable bonds is 1. The number of carbonyl (C=O) groups is 1. The van der Waals surface area contributed by atoms with Crippen LogP contribution in [0.15, 0.2) is 0 Å². The molecule has 1 fully saturated rings. The minimum absolute atomic E-state index is 0.468. The van der Waals surface area contributed by atoms with Crippen molar-refractivity contribution < 1.29 is 14.6 Å². The van der Waals surface area contributed by atoms with Crippen LogP contribution in [0.5, 0.6) is 0 Å². The molecule has 0 saturated carbocycles. The van der Waals surface area contributed by atoms with Crippen molar-refractivity contribution in [2.75, 3.05) is 27.2 Å². The van der Waals surface area contributed by atoms with Gasteiger partial charge in [0.25, 0.3) is 0 Å². The minimum Gasteiger partial charge on any atom is -0.467 e. The van der Waals surface area contributed by atoms with Crippen molar-refractivity contribution >= 4 is 5.97 Å². The molecule has 12 heavy (non-hydrogen) atoms. The summed E-state index contributed by atoms with van der Waals surface area (Å²) in [5, 5.41) is 9.76. The highest BCUT2D eigenvalue weighted by Gasteiger charge is 2.39. The Morgan fingerprint density at radius 2 is 2.00 bits per heavy atom. The van der Waals surface area contributed by atoms with Crippen molar-refractivity contribution in [3.8, 4) is 0 Å². The van der Waals surface area contributed by atoms with Gasteiger partial charge in [-0.2, -0.15) is 0 Å². The Morgan fingerprint density at radius 1 is 1.50 bits per heavy atom. The van der Waals surface area contributed by atoms with Gasteiger partial charge >= 0.3 is 5.97 Å². The molecule has 1 aliphatic heterocycles. The van der Waals surface area contributed by atoms with Crippen molar-refractivity contribution in [1.82, 2.24) is 4.90 Å². The van der Waals surface area contributed by atoms with E-state index in [0.717, 1.165) is 13.1 Å². The van der Waals surface area contributed by atoms with E-state index in [1.54, 1.807) is 0 Å². The predicted molar refractivity (Wildman–Crippen MR) is 43.7 cm³/mol. The summed E-state index contributed by atoms with van der Waals surface area (Å²) in [5.41, 5.74) is -1.23. The quantitative estimate of drug-likeness (QED) is 0.549. The molecule has 0 bridgehead atoms. The van der Waals surface area contributed by atoms with Gasteiger partial charge in [0.2, 0.25) is 0 Å². The van der Waals surface area contributed by atoms with Crippen molar-refractivity contribution in [3.05, 3.63) is 0 Å². The van der Waals surface area contributed by atoms with Gasteiger partial charge < -0.3 is 14.7 Å². The number of hydrogen-bond acceptors (Lipinski definition) is 4. The van der Waals surface area contributed by atoms with E-state index in [-0.39, 0.29) is 0 Å². The first-order valence-electron chi connectivity index (χ1n) is 4.08. The number of nitrogens with zero attached hydrogens (tertiary/aromatic N) is 1. The van der Waals surface area contributed by atoms with E-state index in [2.05, 4.69) is 9.64 Å². The van der Waals surface area contributed by atoms with Crippen LogP contribution in [0, 0.1) is 0 Å². The van der Waals surface area contributed by atoms with Crippen LogP contribution < -0.4 is 0 Å². The SMILES string of the molecule is COC(=O)C1(O)CCN(C)CC1. The zero-order valence-corrected chi connectivity index (χ0v) is 7.54. The number of likely N-dealkylation sites (tertiary alicyclic amines) is 1. The van der Waals surface area contributed by atoms with Gasteiger partial charge in [-0.3, -0.25) is 0 Å². The molecule has 70 valence electrons. The molecule has 1 rings (SSSR count). The lowest BCUT2D eigenvalue weighted by atomic mass is 9.92. The number of esters is 1. The first-order chi connectivity index (χ1) is 5.58. The minimum atomic E-state index is -1.23. The summed E-state index contributed by atoms with van der Waals surface area (Å²) in [6.45, 7) is 1.48. The van der Waals surface area contributed by atoms with Crippen molar-refractivity contribution in [2.45, 2.75) is 18.4 Å². The van der Waals surface area contributed by atoms with Crippen LogP contribution in [0.25, 0.3) is 0 Å². The Hall–Kier alpha value is -0.610. The molecule has 0 aromatic heterocycles. The van der Waals surface area contributed by atoms with E-state index in [1.807, 2.05) is 7.05 Å². The molecule has 1 heterocycles. The topological polar surface area (TPSA) is 49.8 Å². The van der Waals surface area contributed by atoms with Gasteiger partial charge in [0.15, 0.2) is 5.60 Å². The molecule has 0 atom stereocenters. The average Bonchev–Trinajstić information content (AvgIpc) is 2.09. The lowest BCUT2D eigenvalue weighted by Gasteiger charge is -2.33. The van der Waals surface area contributed by atoms with Crippen LogP contribution in [0.4, 0.5) is 0 Å². The molecule has 0 unspecified atom stereocenters. The second-order valence-corrected chi connectivity index (χ2v) is 3.33. The summed E-state index contributed by atoms with van der Waals surface area (Å²) in [4.78, 5) is 13.2. The molecule has 0 spiro atoms. The number of piperidine rings is 1. The molecule has 0 aliphatic carbocycles. The van der Waals surface area contributed by atoms with Gasteiger partial charge in [0.1, 0.15) is 0 Å². The van der Waals surface area contributed by atoms with Gasteiger partial charge in [-0.15, -0.1) is 0 Å². The fraction of sp³-hybridized carbons (Fsp3) is 0.875. The summed E-state index contributed by atoms with van der Waals surface area (Å²) in [7, 11) is 3.27. The van der Waals surface area contributed by atoms with Crippen LogP contribution in [0.1, 0.15) is 12.8 Å². The zero-order valence-electron chi connectivity index (χ0n) is 7.54. The first kappa shape index (κ1) is 9.48. The van der Waals surface area contributed by atoms with Gasteiger partial charge in [0.05, 0.1) is 7.11 Å². The molecule has 0 radical (unpaired) electrons. The monoisotopic (exact) mass is 173 g/mol. The van der Waals surface area contributed by atoms with Gasteiger partial charge in [-0.05, 0) is 19.9 Å². The maximum Gasteiger partial charge on any atom is 0.337 e. The Kier molecular flexibility index (Phi) is 2.69. The molecule has 1 aliphatic rings. The van der Waals surface area contributed by atoms with Crippen LogP contribution in [0.3, 0.4) is 0 Å². The summed E-state index contributed by atoms with van der Waals surface area (Å²) < 4.78 is 4.52. The van der Waals surface area contributed by atoms with Crippen LogP contribution >= 0.6 is 0 Å². The van der Waals surface area contributed by atoms with E-state index in [9.17, 15) is 9.90 Å². The molecule has 4 heteroatoms. The van der Waals surface area contributed by atoms with Crippen LogP contribution in [0.2, 0.25) is 0 Å². The van der Waals surface area contributed by atoms with Gasteiger partial charge in [0, 0.05) is 13.1 Å². The molecular weight excluding hydrogens is 158 g/mol. The molecule has 0 aromatic rings. The Bertz CT molecular complexity index is 173. The van der Waals surface area contributed by atoms with E-state index in [1.165, 1.54) is 7.11 Å². The summed E-state index contributed by atoms with van der Waals surface area (Å²) in [6.07, 6.45) is 0.937. The fourth-order valence-corrected chi connectivity index (χ4v) is 1.38. The number of carbonyl (C=O) groups excluding carboxylic acids is 1. The largest absolute Gasteiger partial charge is 0.467 e. The summed E-state index contributed by atoms with van der Waals surface area (Å²) in [5.74, 6) is -0.504. The fourth-order valence-electron chi connectivity index (χ4n) is 1.38. The predicted octanol–water partition coefficient (Wildman–Crippen LogP) is -0.384. The van der Waals surface area contributed by atoms with Gasteiger partial charge in [-0.1, -0.05) is 0 Å². The van der Waals surface area contributed by atoms with Crippen LogP contribution in [-0.2, 0) is 9.53 Å². The highest BCUT2D eigenvalue weighted by molar-refractivity contribution is 5.79. The molecule has 0 aromatic carbocycles. The van der Waals surface area contributed by atoms with E-state index < -0.39 is 11.6 Å². The molecule has 1 N–H and O–H groups in total. The van der Waals surface area contributed by atoms with E-state index in [4.69, 9.17) is 0 Å². The lowest BCUT2D eigenvalue weighted by Crippen LogP contribution is -2.48. The van der Waals surface area contributed by atoms with Crippen LogP contribution in [-0.4, -0.2) is 48.8 Å². The van der Waals surface area contributed by atoms with Crippen molar-refractivity contribution in [1.29, 1.82) is 0 Å². The molecular formula is C8H15NO3. The maximum atomic E-state index is 11.1. The zero-order chi connectivity index (χ0) is 9.19. The van der Waals surface area contributed by atoms with Gasteiger partial charge in [-0.25, -0.2) is 4.79 Å². The highest BCUT2D eigenvalue weighted by atomic mass is 16.5. The highest BCUT2D eigenvalue weighted by Crippen LogP contribution is 2.22. The Morgan fingerprint density at radius 3 is 2.42 bits per heavy atom. The summed E-state index contributed by atoms with van der Waals surface area (Å²) in [6, 6.07) is 0. The second kappa shape index (κ2) is 3.41. The third kappa shape index (κ3) is 1.76. The maximum absolute atomic E-state index is 11.1. The number of aliphatic hydroxyl groups is 1. The average molecular weight is 173 g/mol. The smallest absolute Gasteiger partial charge is 0.337 e. The van der Waals surface area contributed by atoms with E-state index in [0.29, 0.717) is 12.8 Å². The standard InChI is InChI=1S/C8H15NO3/c1-9-5-3-8(11,4-6-9)7(10)12-2/h11H,3-6H2,1-2H3. The van der Waals surface area contributed by atoms with Crippen molar-refractivity contribution in [2.24, 2.45) is 0 Å². The number of hydrogen-bond donors (Lipinski definition) is 1. The normalized spacial score (nSPS) is 23.6. The lowest BCUT2D eigenvalue weighted by molar-refractivity contribution is -0.166. The number of ether oxygens (including phenoxy) is 1. The number of methoxy groups -OCH3 is 1. The second-order valence-electron chi connectivity index (χ2n) is 3.33. The Balaban J connectivity index is 2.55.